The molecule has 1 unspecified atom stereocenters. The van der Waals surface area contributed by atoms with Gasteiger partial charge in [0.1, 0.15) is 17.0 Å². The van der Waals surface area contributed by atoms with Crippen molar-refractivity contribution in [3.8, 4) is 11.4 Å². The third-order valence-corrected chi connectivity index (χ3v) is 5.66. The molecule has 2 aliphatic rings. The first kappa shape index (κ1) is 20.6. The van der Waals surface area contributed by atoms with Gasteiger partial charge in [-0.15, -0.1) is 0 Å². The van der Waals surface area contributed by atoms with Gasteiger partial charge in [0.05, 0.1) is 5.69 Å². The Kier molecular flexibility index (Phi) is 5.21. The van der Waals surface area contributed by atoms with Crippen molar-refractivity contribution < 1.29 is 18.0 Å². The second-order valence-corrected chi connectivity index (χ2v) is 8.54. The Labute approximate surface area is 172 Å². The van der Waals surface area contributed by atoms with E-state index < -0.39 is 11.7 Å². The molecule has 2 aromatic rings. The minimum absolute atomic E-state index is 0.0220. The first-order valence-corrected chi connectivity index (χ1v) is 10.1. The molecule has 2 aromatic heterocycles. The quantitative estimate of drug-likeness (QED) is 0.610. The number of amides is 1. The highest BCUT2D eigenvalue weighted by Crippen LogP contribution is 2.36. The van der Waals surface area contributed by atoms with E-state index in [0.29, 0.717) is 30.8 Å². The number of fused-ring (bicyclic) bond motifs is 1. The van der Waals surface area contributed by atoms with Crippen LogP contribution < -0.4 is 16.0 Å². The number of carbonyl (C=O) groups excluding carboxylic acids is 1. The van der Waals surface area contributed by atoms with Crippen LogP contribution in [0.5, 0.6) is 0 Å². The predicted octanol–water partition coefficient (Wildman–Crippen LogP) is 3.11. The highest BCUT2D eigenvalue weighted by atomic mass is 19.4. The fraction of sp³-hybridized carbons (Fsp3) is 0.550. The molecule has 4 rings (SSSR count). The molecule has 1 saturated heterocycles. The van der Waals surface area contributed by atoms with E-state index in [1.54, 1.807) is 6.07 Å². The highest BCUT2D eigenvalue weighted by molar-refractivity contribution is 5.95. The maximum Gasteiger partial charge on any atom is 0.420 e. The summed E-state index contributed by atoms with van der Waals surface area (Å²) in [5.41, 5.74) is -0.00896. The van der Waals surface area contributed by atoms with Gasteiger partial charge in [-0.05, 0) is 51.2 Å². The number of carbonyl (C=O) groups is 1. The van der Waals surface area contributed by atoms with Gasteiger partial charge in [-0.1, -0.05) is 0 Å². The normalized spacial score (nSPS) is 21.5. The molecule has 4 N–H and O–H groups in total. The van der Waals surface area contributed by atoms with Crippen molar-refractivity contribution in [2.75, 3.05) is 18.4 Å². The lowest BCUT2D eigenvalue weighted by molar-refractivity contribution is -0.137. The maximum atomic E-state index is 13.6. The van der Waals surface area contributed by atoms with E-state index in [9.17, 15) is 18.0 Å². The topological polar surface area (TPSA) is 94.7 Å². The Morgan fingerprint density at radius 3 is 2.80 bits per heavy atom. The van der Waals surface area contributed by atoms with Crippen molar-refractivity contribution in [3.63, 3.8) is 0 Å². The SMILES string of the molecule is CC1(C)CCC(Nc2ncc(C(F)(F)F)c(-c3cc4c([nH]3)C(=O)NCCC4)n2)CN1. The fourth-order valence-electron chi connectivity index (χ4n) is 3.89. The van der Waals surface area contributed by atoms with Gasteiger partial charge < -0.3 is 20.9 Å². The third-order valence-electron chi connectivity index (χ3n) is 5.66. The number of anilines is 1. The number of hydrogen-bond donors (Lipinski definition) is 4. The van der Waals surface area contributed by atoms with Crippen LogP contribution in [0.3, 0.4) is 0 Å². The zero-order chi connectivity index (χ0) is 21.5. The summed E-state index contributed by atoms with van der Waals surface area (Å²) in [5, 5.41) is 9.29. The molecule has 0 saturated carbocycles. The number of aromatic nitrogens is 3. The fourth-order valence-corrected chi connectivity index (χ4v) is 3.89. The van der Waals surface area contributed by atoms with E-state index in [-0.39, 0.29) is 34.8 Å². The molecular weight excluding hydrogens is 397 g/mol. The standard InChI is InChI=1S/C20H25F3N6O/c1-19(2)6-5-12(9-26-19)27-18-25-10-13(20(21,22)23)16(29-18)14-8-11-4-3-7-24-17(30)15(11)28-14/h8,10,12,26,28H,3-7,9H2,1-2H3,(H,24,30)(H,25,27,29). The van der Waals surface area contributed by atoms with Gasteiger partial charge in [0.2, 0.25) is 5.95 Å². The monoisotopic (exact) mass is 422 g/mol. The van der Waals surface area contributed by atoms with Crippen molar-refractivity contribution in [2.45, 2.75) is 57.3 Å². The van der Waals surface area contributed by atoms with E-state index in [4.69, 9.17) is 0 Å². The van der Waals surface area contributed by atoms with Crippen LogP contribution in [0.25, 0.3) is 11.4 Å². The molecule has 0 radical (unpaired) electrons. The molecule has 1 amide bonds. The number of aryl methyl sites for hydroxylation is 1. The van der Waals surface area contributed by atoms with Gasteiger partial charge in [-0.2, -0.15) is 13.2 Å². The average molecular weight is 422 g/mol. The van der Waals surface area contributed by atoms with Gasteiger partial charge in [0.25, 0.3) is 5.91 Å². The zero-order valence-electron chi connectivity index (χ0n) is 16.9. The van der Waals surface area contributed by atoms with Crippen molar-refractivity contribution in [3.05, 3.63) is 29.1 Å². The van der Waals surface area contributed by atoms with Gasteiger partial charge >= 0.3 is 6.18 Å². The number of H-pyrrole nitrogens is 1. The van der Waals surface area contributed by atoms with Gasteiger partial charge in [0.15, 0.2) is 0 Å². The molecule has 0 aromatic carbocycles. The van der Waals surface area contributed by atoms with Crippen LogP contribution in [-0.4, -0.2) is 45.5 Å². The van der Waals surface area contributed by atoms with Gasteiger partial charge in [-0.25, -0.2) is 9.97 Å². The molecule has 7 nitrogen and oxygen atoms in total. The molecule has 4 heterocycles. The molecule has 1 atom stereocenters. The number of hydrogen-bond acceptors (Lipinski definition) is 5. The second-order valence-electron chi connectivity index (χ2n) is 8.54. The zero-order valence-corrected chi connectivity index (χ0v) is 16.9. The van der Waals surface area contributed by atoms with Gasteiger partial charge in [0, 0.05) is 30.9 Å². The Morgan fingerprint density at radius 2 is 2.10 bits per heavy atom. The van der Waals surface area contributed by atoms with Gasteiger partial charge in [-0.3, -0.25) is 4.79 Å². The molecule has 30 heavy (non-hydrogen) atoms. The summed E-state index contributed by atoms with van der Waals surface area (Å²) in [6, 6.07) is 1.61. The largest absolute Gasteiger partial charge is 0.420 e. The number of rotatable bonds is 3. The summed E-state index contributed by atoms with van der Waals surface area (Å²) in [7, 11) is 0. The molecular formula is C20H25F3N6O. The first-order chi connectivity index (χ1) is 14.1. The van der Waals surface area contributed by atoms with E-state index in [2.05, 4.69) is 44.7 Å². The van der Waals surface area contributed by atoms with E-state index in [0.717, 1.165) is 25.5 Å². The summed E-state index contributed by atoms with van der Waals surface area (Å²) in [4.78, 5) is 23.2. The molecule has 0 spiro atoms. The molecule has 0 aliphatic carbocycles. The van der Waals surface area contributed by atoms with Crippen LogP contribution >= 0.6 is 0 Å². The van der Waals surface area contributed by atoms with E-state index >= 15 is 0 Å². The summed E-state index contributed by atoms with van der Waals surface area (Å²) in [6.45, 7) is 5.44. The van der Waals surface area contributed by atoms with Crippen molar-refractivity contribution in [2.24, 2.45) is 0 Å². The van der Waals surface area contributed by atoms with Crippen LogP contribution in [0.1, 0.15) is 54.7 Å². The smallest absolute Gasteiger partial charge is 0.351 e. The van der Waals surface area contributed by atoms with Crippen molar-refractivity contribution in [1.29, 1.82) is 0 Å². The second kappa shape index (κ2) is 7.57. The lowest BCUT2D eigenvalue weighted by atomic mass is 9.91. The number of alkyl halides is 3. The Hall–Kier alpha value is -2.62. The van der Waals surface area contributed by atoms with E-state index in [1.165, 1.54) is 0 Å². The Bertz CT molecular complexity index is 943. The molecule has 162 valence electrons. The minimum atomic E-state index is -4.62. The summed E-state index contributed by atoms with van der Waals surface area (Å²) >= 11 is 0. The number of nitrogens with zero attached hydrogens (tertiary/aromatic N) is 2. The number of piperidine rings is 1. The number of aromatic amines is 1. The van der Waals surface area contributed by atoms with E-state index in [1.807, 2.05) is 0 Å². The number of nitrogens with one attached hydrogen (secondary N) is 4. The summed E-state index contributed by atoms with van der Waals surface area (Å²) < 4.78 is 40.9. The molecule has 0 bridgehead atoms. The first-order valence-electron chi connectivity index (χ1n) is 10.1. The van der Waals surface area contributed by atoms with Crippen LogP contribution in [-0.2, 0) is 12.6 Å². The molecule has 10 heteroatoms. The lowest BCUT2D eigenvalue weighted by Gasteiger charge is -2.36. The van der Waals surface area contributed by atoms with Crippen LogP contribution in [0.4, 0.5) is 19.1 Å². The summed E-state index contributed by atoms with van der Waals surface area (Å²) in [6.07, 6.45) is -0.700. The molecule has 2 aliphatic heterocycles. The van der Waals surface area contributed by atoms with Crippen molar-refractivity contribution >= 4 is 11.9 Å². The third kappa shape index (κ3) is 4.28. The molecule has 1 fully saturated rings. The number of halogens is 3. The van der Waals surface area contributed by atoms with Crippen LogP contribution in [0, 0.1) is 0 Å². The summed E-state index contributed by atoms with van der Waals surface area (Å²) in [5.74, 6) is -0.177. The Morgan fingerprint density at radius 1 is 1.30 bits per heavy atom. The van der Waals surface area contributed by atoms with Crippen LogP contribution in [0.15, 0.2) is 12.3 Å². The maximum absolute atomic E-state index is 13.6. The van der Waals surface area contributed by atoms with Crippen LogP contribution in [0.2, 0.25) is 0 Å². The lowest BCUT2D eigenvalue weighted by Crippen LogP contribution is -2.50. The predicted molar refractivity (Wildman–Crippen MR) is 106 cm³/mol. The Balaban J connectivity index is 1.67. The van der Waals surface area contributed by atoms with Crippen molar-refractivity contribution in [1.82, 2.24) is 25.6 Å². The average Bonchev–Trinajstić information content (AvgIpc) is 3.02. The minimum Gasteiger partial charge on any atom is -0.351 e. The highest BCUT2D eigenvalue weighted by Gasteiger charge is 2.36.